The van der Waals surface area contributed by atoms with Gasteiger partial charge in [0.15, 0.2) is 0 Å². The van der Waals surface area contributed by atoms with Crippen LogP contribution in [-0.4, -0.2) is 48.8 Å². The van der Waals surface area contributed by atoms with E-state index in [0.29, 0.717) is 26.1 Å². The average Bonchev–Trinajstić information content (AvgIpc) is 2.27. The smallest absolute Gasteiger partial charge is 0.239 e. The predicted molar refractivity (Wildman–Crippen MR) is 62.1 cm³/mol. The first-order chi connectivity index (χ1) is 8.09. The lowest BCUT2D eigenvalue weighted by molar-refractivity contribution is -0.137. The number of hydrogen-bond acceptors (Lipinski definition) is 3. The van der Waals surface area contributed by atoms with Crippen LogP contribution in [0.1, 0.15) is 26.2 Å². The Kier molecular flexibility index (Phi) is 5.45. The maximum atomic E-state index is 11.5. The lowest BCUT2D eigenvalue weighted by Gasteiger charge is -2.25. The van der Waals surface area contributed by atoms with E-state index in [1.807, 2.05) is 0 Å². The number of nitrogens with one attached hydrogen (secondary N) is 2. The molecule has 1 fully saturated rings. The number of hydrogen-bond donors (Lipinski definition) is 2. The zero-order chi connectivity index (χ0) is 12.7. The molecular formula is C11H19N3O3. The summed E-state index contributed by atoms with van der Waals surface area (Å²) in [5.41, 5.74) is 0. The molecule has 1 saturated heterocycles. The summed E-state index contributed by atoms with van der Waals surface area (Å²) in [6.45, 7) is 3.01. The van der Waals surface area contributed by atoms with Crippen molar-refractivity contribution in [3.8, 4) is 0 Å². The minimum Gasteiger partial charge on any atom is -0.355 e. The SMILES string of the molecule is CC(=O)NCCNC(=O)CN1CCCCC1=O. The summed E-state index contributed by atoms with van der Waals surface area (Å²) in [6, 6.07) is 0. The number of likely N-dealkylation sites (tertiary alicyclic amines) is 1. The Labute approximate surface area is 101 Å². The molecule has 1 rings (SSSR count). The van der Waals surface area contributed by atoms with Gasteiger partial charge in [0.05, 0.1) is 6.54 Å². The molecule has 6 heteroatoms. The van der Waals surface area contributed by atoms with Gasteiger partial charge < -0.3 is 15.5 Å². The van der Waals surface area contributed by atoms with Gasteiger partial charge in [-0.2, -0.15) is 0 Å². The minimum absolute atomic E-state index is 0.0493. The lowest BCUT2D eigenvalue weighted by atomic mass is 10.1. The highest BCUT2D eigenvalue weighted by Crippen LogP contribution is 2.09. The second-order valence-corrected chi connectivity index (χ2v) is 4.11. The highest BCUT2D eigenvalue weighted by atomic mass is 16.2. The number of carbonyl (C=O) groups is 3. The van der Waals surface area contributed by atoms with E-state index in [1.54, 1.807) is 4.90 Å². The number of carbonyl (C=O) groups excluding carboxylic acids is 3. The number of rotatable bonds is 5. The fourth-order valence-corrected chi connectivity index (χ4v) is 1.70. The number of nitrogens with zero attached hydrogens (tertiary/aromatic N) is 1. The molecule has 0 saturated carbocycles. The molecule has 0 atom stereocenters. The van der Waals surface area contributed by atoms with Crippen LogP contribution in [0.15, 0.2) is 0 Å². The van der Waals surface area contributed by atoms with E-state index in [0.717, 1.165) is 12.8 Å². The zero-order valence-corrected chi connectivity index (χ0v) is 10.1. The summed E-state index contributed by atoms with van der Waals surface area (Å²) >= 11 is 0. The predicted octanol–water partition coefficient (Wildman–Crippen LogP) is -0.749. The zero-order valence-electron chi connectivity index (χ0n) is 10.1. The van der Waals surface area contributed by atoms with Crippen molar-refractivity contribution < 1.29 is 14.4 Å². The first kappa shape index (κ1) is 13.5. The second-order valence-electron chi connectivity index (χ2n) is 4.11. The quantitative estimate of drug-likeness (QED) is 0.622. The Morgan fingerprint density at radius 1 is 1.24 bits per heavy atom. The molecule has 0 radical (unpaired) electrons. The highest BCUT2D eigenvalue weighted by Gasteiger charge is 2.19. The van der Waals surface area contributed by atoms with Crippen molar-refractivity contribution in [2.75, 3.05) is 26.2 Å². The first-order valence-corrected chi connectivity index (χ1v) is 5.88. The molecule has 1 heterocycles. The van der Waals surface area contributed by atoms with Crippen molar-refractivity contribution in [3.63, 3.8) is 0 Å². The average molecular weight is 241 g/mol. The van der Waals surface area contributed by atoms with E-state index in [4.69, 9.17) is 0 Å². The van der Waals surface area contributed by atoms with Crippen LogP contribution >= 0.6 is 0 Å². The van der Waals surface area contributed by atoms with Gasteiger partial charge in [-0.25, -0.2) is 0 Å². The molecule has 0 aliphatic carbocycles. The molecule has 0 unspecified atom stereocenters. The van der Waals surface area contributed by atoms with Crippen molar-refractivity contribution in [3.05, 3.63) is 0 Å². The largest absolute Gasteiger partial charge is 0.355 e. The molecule has 1 aliphatic heterocycles. The van der Waals surface area contributed by atoms with Crippen LogP contribution in [0.3, 0.4) is 0 Å². The number of amides is 3. The van der Waals surface area contributed by atoms with Crippen molar-refractivity contribution in [1.82, 2.24) is 15.5 Å². The van der Waals surface area contributed by atoms with E-state index in [2.05, 4.69) is 10.6 Å². The van der Waals surface area contributed by atoms with Crippen LogP contribution in [0, 0.1) is 0 Å². The van der Waals surface area contributed by atoms with Crippen LogP contribution in [0.5, 0.6) is 0 Å². The van der Waals surface area contributed by atoms with E-state index in [9.17, 15) is 14.4 Å². The Morgan fingerprint density at radius 3 is 2.59 bits per heavy atom. The van der Waals surface area contributed by atoms with Gasteiger partial charge >= 0.3 is 0 Å². The maximum absolute atomic E-state index is 11.5. The molecular weight excluding hydrogens is 222 g/mol. The van der Waals surface area contributed by atoms with E-state index in [1.165, 1.54) is 6.92 Å². The fourth-order valence-electron chi connectivity index (χ4n) is 1.70. The normalized spacial score (nSPS) is 15.6. The van der Waals surface area contributed by atoms with E-state index < -0.39 is 0 Å². The molecule has 17 heavy (non-hydrogen) atoms. The summed E-state index contributed by atoms with van der Waals surface area (Å²) in [5, 5.41) is 5.24. The molecule has 0 aromatic heterocycles. The van der Waals surface area contributed by atoms with Gasteiger partial charge in [0.25, 0.3) is 0 Å². The van der Waals surface area contributed by atoms with E-state index >= 15 is 0 Å². The molecule has 0 bridgehead atoms. The molecule has 1 aliphatic rings. The summed E-state index contributed by atoms with van der Waals surface area (Å²) in [6.07, 6.45) is 2.42. The topological polar surface area (TPSA) is 78.5 Å². The molecule has 96 valence electrons. The molecule has 0 aromatic rings. The molecule has 2 N–H and O–H groups in total. The minimum atomic E-state index is -0.175. The summed E-state index contributed by atoms with van der Waals surface area (Å²) in [4.78, 5) is 35.1. The third kappa shape index (κ3) is 5.33. The fraction of sp³-hybridized carbons (Fsp3) is 0.727. The van der Waals surface area contributed by atoms with E-state index in [-0.39, 0.29) is 24.3 Å². The Bertz CT molecular complexity index is 304. The van der Waals surface area contributed by atoms with Gasteiger partial charge in [-0.1, -0.05) is 0 Å². The van der Waals surface area contributed by atoms with Gasteiger partial charge in [0.1, 0.15) is 0 Å². The van der Waals surface area contributed by atoms with Crippen molar-refractivity contribution in [2.45, 2.75) is 26.2 Å². The van der Waals surface area contributed by atoms with Gasteiger partial charge in [0.2, 0.25) is 17.7 Å². The monoisotopic (exact) mass is 241 g/mol. The third-order valence-corrected chi connectivity index (χ3v) is 2.58. The van der Waals surface area contributed by atoms with Gasteiger partial charge in [-0.15, -0.1) is 0 Å². The second kappa shape index (κ2) is 6.88. The number of piperidine rings is 1. The molecule has 0 aromatic carbocycles. The molecule has 6 nitrogen and oxygen atoms in total. The van der Waals surface area contributed by atoms with Gasteiger partial charge in [0, 0.05) is 33.0 Å². The lowest BCUT2D eigenvalue weighted by Crippen LogP contribution is -2.44. The standard InChI is InChI=1S/C11H19N3O3/c1-9(15)12-5-6-13-10(16)8-14-7-3-2-4-11(14)17/h2-8H2,1H3,(H,12,15)(H,13,16). The first-order valence-electron chi connectivity index (χ1n) is 5.88. The van der Waals surface area contributed by atoms with Crippen LogP contribution in [-0.2, 0) is 14.4 Å². The highest BCUT2D eigenvalue weighted by molar-refractivity contribution is 5.85. The Morgan fingerprint density at radius 2 is 1.94 bits per heavy atom. The maximum Gasteiger partial charge on any atom is 0.239 e. The van der Waals surface area contributed by atoms with Gasteiger partial charge in [-0.05, 0) is 12.8 Å². The molecule has 0 spiro atoms. The third-order valence-electron chi connectivity index (χ3n) is 2.58. The molecule has 3 amide bonds. The van der Waals surface area contributed by atoms with Crippen molar-refractivity contribution in [1.29, 1.82) is 0 Å². The van der Waals surface area contributed by atoms with Crippen LogP contribution in [0.4, 0.5) is 0 Å². The van der Waals surface area contributed by atoms with Crippen LogP contribution in [0.2, 0.25) is 0 Å². The van der Waals surface area contributed by atoms with Crippen LogP contribution < -0.4 is 10.6 Å². The van der Waals surface area contributed by atoms with Gasteiger partial charge in [-0.3, -0.25) is 14.4 Å². The Balaban J connectivity index is 2.15. The van der Waals surface area contributed by atoms with Crippen molar-refractivity contribution >= 4 is 17.7 Å². The summed E-state index contributed by atoms with van der Waals surface area (Å²) in [7, 11) is 0. The van der Waals surface area contributed by atoms with Crippen molar-refractivity contribution in [2.24, 2.45) is 0 Å². The van der Waals surface area contributed by atoms with Crippen LogP contribution in [0.25, 0.3) is 0 Å². The summed E-state index contributed by atoms with van der Waals surface area (Å²) < 4.78 is 0. The summed E-state index contributed by atoms with van der Waals surface area (Å²) in [5.74, 6) is -0.246. The Hall–Kier alpha value is -1.59.